The molecule has 1 aliphatic carbocycles. The number of aliphatic carboxylic acids is 1. The van der Waals surface area contributed by atoms with E-state index in [9.17, 15) is 14.7 Å². The zero-order chi connectivity index (χ0) is 21.4. The predicted molar refractivity (Wildman–Crippen MR) is 114 cm³/mol. The Hall–Kier alpha value is -2.57. The Morgan fingerprint density at radius 3 is 2.63 bits per heavy atom. The van der Waals surface area contributed by atoms with Crippen LogP contribution in [0.15, 0.2) is 12.1 Å². The molecule has 30 heavy (non-hydrogen) atoms. The average Bonchev–Trinajstić information content (AvgIpc) is 3.17. The Balaban J connectivity index is 1.76. The summed E-state index contributed by atoms with van der Waals surface area (Å²) < 4.78 is 7.30. The molecule has 162 valence electrons. The number of carboxylic acids is 1. The molecule has 1 fully saturated rings. The molecule has 0 unspecified atom stereocenters. The number of ether oxygens (including phenoxy) is 1. The fourth-order valence-electron chi connectivity index (χ4n) is 5.03. The van der Waals surface area contributed by atoms with Gasteiger partial charge in [0.05, 0.1) is 30.6 Å². The van der Waals surface area contributed by atoms with Gasteiger partial charge in [0.2, 0.25) is 0 Å². The Bertz CT molecular complexity index is 959. The van der Waals surface area contributed by atoms with Gasteiger partial charge in [-0.1, -0.05) is 13.0 Å². The normalized spacial score (nSPS) is 22.6. The summed E-state index contributed by atoms with van der Waals surface area (Å²) in [6.07, 6.45) is 4.62. The van der Waals surface area contributed by atoms with Crippen LogP contribution in [0.4, 0.5) is 4.79 Å². The highest BCUT2D eigenvalue weighted by atomic mass is 16.5. The standard InChI is InChI=1S/C23H31N3O4/c1-4-14(2)26-19-10-9-15-11-12-25(23(29)30-3)13-18(15)20(19)24-21(26)16-5-7-17(8-6-16)22(27)28/h9-10,14,16-17H,4-8,11-13H2,1-3H3,(H,27,28)/t14-,16?,17?/m0/s1. The van der Waals surface area contributed by atoms with Crippen LogP contribution < -0.4 is 0 Å². The fourth-order valence-corrected chi connectivity index (χ4v) is 5.03. The van der Waals surface area contributed by atoms with Gasteiger partial charge in [0.1, 0.15) is 5.82 Å². The molecule has 0 bridgehead atoms. The monoisotopic (exact) mass is 413 g/mol. The van der Waals surface area contributed by atoms with Crippen molar-refractivity contribution in [2.24, 2.45) is 5.92 Å². The number of hydrogen-bond donors (Lipinski definition) is 1. The van der Waals surface area contributed by atoms with E-state index in [4.69, 9.17) is 9.72 Å². The molecule has 0 spiro atoms. The number of methoxy groups -OCH3 is 1. The van der Waals surface area contributed by atoms with Crippen LogP contribution in [0, 0.1) is 5.92 Å². The van der Waals surface area contributed by atoms with Crippen molar-refractivity contribution in [1.29, 1.82) is 0 Å². The number of carbonyl (C=O) groups excluding carboxylic acids is 1. The largest absolute Gasteiger partial charge is 0.481 e. The number of fused-ring (bicyclic) bond motifs is 3. The molecule has 7 heteroatoms. The topological polar surface area (TPSA) is 84.7 Å². The first-order valence-electron chi connectivity index (χ1n) is 11.0. The van der Waals surface area contributed by atoms with Crippen molar-refractivity contribution in [3.8, 4) is 0 Å². The quantitative estimate of drug-likeness (QED) is 0.798. The molecule has 2 aliphatic rings. The minimum Gasteiger partial charge on any atom is -0.481 e. The number of rotatable bonds is 4. The van der Waals surface area contributed by atoms with Gasteiger partial charge in [-0.2, -0.15) is 0 Å². The van der Waals surface area contributed by atoms with Crippen LogP contribution in [0.25, 0.3) is 11.0 Å². The first kappa shape index (κ1) is 20.7. The van der Waals surface area contributed by atoms with E-state index in [1.54, 1.807) is 4.90 Å². The van der Waals surface area contributed by atoms with E-state index >= 15 is 0 Å². The molecule has 2 heterocycles. The molecule has 1 atom stereocenters. The van der Waals surface area contributed by atoms with Gasteiger partial charge in [0.25, 0.3) is 0 Å². The second-order valence-electron chi connectivity index (χ2n) is 8.70. The van der Waals surface area contributed by atoms with E-state index in [2.05, 4.69) is 30.5 Å². The lowest BCUT2D eigenvalue weighted by Crippen LogP contribution is -2.35. The van der Waals surface area contributed by atoms with E-state index in [0.717, 1.165) is 48.1 Å². The number of aromatic nitrogens is 2. The summed E-state index contributed by atoms with van der Waals surface area (Å²) in [4.78, 5) is 30.4. The van der Waals surface area contributed by atoms with Gasteiger partial charge in [0.15, 0.2) is 0 Å². The van der Waals surface area contributed by atoms with Crippen molar-refractivity contribution >= 4 is 23.1 Å². The Kier molecular flexibility index (Phi) is 5.71. The first-order chi connectivity index (χ1) is 14.4. The molecule has 2 aromatic rings. The SMILES string of the molecule is CC[C@H](C)n1c(C2CCC(C(=O)O)CC2)nc2c3c(ccc21)CCN(C(=O)OC)C3. The van der Waals surface area contributed by atoms with Crippen molar-refractivity contribution in [2.75, 3.05) is 13.7 Å². The maximum atomic E-state index is 12.1. The van der Waals surface area contributed by atoms with Crippen LogP contribution in [0.2, 0.25) is 0 Å². The molecule has 4 rings (SSSR count). The van der Waals surface area contributed by atoms with Gasteiger partial charge < -0.3 is 19.3 Å². The first-order valence-corrected chi connectivity index (χ1v) is 11.0. The molecule has 1 N–H and O–H groups in total. The maximum Gasteiger partial charge on any atom is 0.409 e. The molecular formula is C23H31N3O4. The summed E-state index contributed by atoms with van der Waals surface area (Å²) in [6, 6.07) is 4.66. The van der Waals surface area contributed by atoms with E-state index in [0.29, 0.717) is 32.0 Å². The van der Waals surface area contributed by atoms with Gasteiger partial charge in [-0.3, -0.25) is 4.79 Å². The van der Waals surface area contributed by atoms with Crippen LogP contribution >= 0.6 is 0 Å². The highest BCUT2D eigenvalue weighted by Gasteiger charge is 2.32. The number of nitrogens with zero attached hydrogens (tertiary/aromatic N) is 3. The predicted octanol–water partition coefficient (Wildman–Crippen LogP) is 4.49. The molecule has 0 saturated heterocycles. The van der Waals surface area contributed by atoms with Crippen LogP contribution in [0.5, 0.6) is 0 Å². The number of benzene rings is 1. The lowest BCUT2D eigenvalue weighted by molar-refractivity contribution is -0.142. The van der Waals surface area contributed by atoms with Crippen molar-refractivity contribution in [3.05, 3.63) is 29.1 Å². The minimum absolute atomic E-state index is 0.232. The summed E-state index contributed by atoms with van der Waals surface area (Å²) in [7, 11) is 1.42. The lowest BCUT2D eigenvalue weighted by Gasteiger charge is -2.28. The highest BCUT2D eigenvalue weighted by Crippen LogP contribution is 2.39. The van der Waals surface area contributed by atoms with Crippen molar-refractivity contribution in [3.63, 3.8) is 0 Å². The number of carboxylic acid groups (broad SMARTS) is 1. The van der Waals surface area contributed by atoms with Crippen LogP contribution in [-0.4, -0.2) is 45.3 Å². The lowest BCUT2D eigenvalue weighted by atomic mass is 9.81. The molecule has 1 saturated carbocycles. The number of carbonyl (C=O) groups is 2. The smallest absolute Gasteiger partial charge is 0.409 e. The second-order valence-corrected chi connectivity index (χ2v) is 8.70. The Morgan fingerprint density at radius 1 is 1.27 bits per heavy atom. The third kappa shape index (κ3) is 3.55. The van der Waals surface area contributed by atoms with E-state index in [1.807, 2.05) is 0 Å². The van der Waals surface area contributed by atoms with Crippen LogP contribution in [-0.2, 0) is 22.5 Å². The fraction of sp³-hybridized carbons (Fsp3) is 0.609. The van der Waals surface area contributed by atoms with E-state index in [-0.39, 0.29) is 17.9 Å². The van der Waals surface area contributed by atoms with Crippen LogP contribution in [0.1, 0.15) is 74.9 Å². The maximum absolute atomic E-state index is 12.1. The molecule has 1 aliphatic heterocycles. The third-order valence-corrected chi connectivity index (χ3v) is 7.00. The molecule has 7 nitrogen and oxygen atoms in total. The van der Waals surface area contributed by atoms with E-state index in [1.165, 1.54) is 12.7 Å². The van der Waals surface area contributed by atoms with Gasteiger partial charge in [0, 0.05) is 24.1 Å². The second kappa shape index (κ2) is 8.28. The molecule has 1 aromatic carbocycles. The highest BCUT2D eigenvalue weighted by molar-refractivity contribution is 5.82. The summed E-state index contributed by atoms with van der Waals surface area (Å²) in [5.74, 6) is 0.439. The third-order valence-electron chi connectivity index (χ3n) is 7.00. The van der Waals surface area contributed by atoms with Gasteiger partial charge in [-0.05, 0) is 57.1 Å². The van der Waals surface area contributed by atoms with Gasteiger partial charge in [-0.15, -0.1) is 0 Å². The number of imidazole rings is 1. The van der Waals surface area contributed by atoms with E-state index < -0.39 is 5.97 Å². The zero-order valence-corrected chi connectivity index (χ0v) is 18.1. The summed E-state index contributed by atoms with van der Waals surface area (Å²) >= 11 is 0. The van der Waals surface area contributed by atoms with Crippen LogP contribution in [0.3, 0.4) is 0 Å². The van der Waals surface area contributed by atoms with Gasteiger partial charge in [-0.25, -0.2) is 9.78 Å². The molecule has 1 amide bonds. The summed E-state index contributed by atoms with van der Waals surface area (Å²) in [5.41, 5.74) is 4.46. The number of amides is 1. The number of hydrogen-bond acceptors (Lipinski definition) is 4. The van der Waals surface area contributed by atoms with Crippen molar-refractivity contribution in [2.45, 2.75) is 70.9 Å². The average molecular weight is 414 g/mol. The molecule has 1 aromatic heterocycles. The Labute approximate surface area is 177 Å². The molecular weight excluding hydrogens is 382 g/mol. The summed E-state index contributed by atoms with van der Waals surface area (Å²) in [5, 5.41) is 9.35. The molecule has 0 radical (unpaired) electrons. The zero-order valence-electron chi connectivity index (χ0n) is 18.1. The minimum atomic E-state index is -0.680. The van der Waals surface area contributed by atoms with Crippen molar-refractivity contribution < 1.29 is 19.4 Å². The summed E-state index contributed by atoms with van der Waals surface area (Å²) in [6.45, 7) is 5.57. The van der Waals surface area contributed by atoms with Crippen molar-refractivity contribution in [1.82, 2.24) is 14.5 Å². The van der Waals surface area contributed by atoms with Gasteiger partial charge >= 0.3 is 12.1 Å². The Morgan fingerprint density at radius 2 is 2.00 bits per heavy atom.